The second-order valence-corrected chi connectivity index (χ2v) is 12.7. The van der Waals surface area contributed by atoms with E-state index in [1.54, 1.807) is 0 Å². The van der Waals surface area contributed by atoms with Gasteiger partial charge in [-0.25, -0.2) is 19.7 Å². The van der Waals surface area contributed by atoms with Crippen LogP contribution in [-0.4, -0.2) is 88.1 Å². The average molecular weight is 730 g/mol. The number of aromatic nitrogens is 3. The minimum absolute atomic E-state index is 0.0668. The van der Waals surface area contributed by atoms with E-state index in [-0.39, 0.29) is 18.4 Å². The van der Waals surface area contributed by atoms with Crippen LogP contribution >= 0.6 is 0 Å². The number of nitrogens with zero attached hydrogens (tertiary/aromatic N) is 4. The summed E-state index contributed by atoms with van der Waals surface area (Å²) in [5.41, 5.74) is 3.45. The quantitative estimate of drug-likeness (QED) is 0.192. The van der Waals surface area contributed by atoms with Crippen molar-refractivity contribution in [3.05, 3.63) is 35.3 Å². The zero-order valence-corrected chi connectivity index (χ0v) is 28.0. The first-order valence-electron chi connectivity index (χ1n) is 16.9. The van der Waals surface area contributed by atoms with Crippen LogP contribution in [0.15, 0.2) is 18.5 Å². The molecule has 0 radical (unpaired) electrons. The van der Waals surface area contributed by atoms with Gasteiger partial charge in [0.25, 0.3) is 0 Å². The van der Waals surface area contributed by atoms with Crippen molar-refractivity contribution in [1.29, 1.82) is 0 Å². The van der Waals surface area contributed by atoms with Crippen molar-refractivity contribution in [3.63, 3.8) is 0 Å². The highest BCUT2D eigenvalue weighted by atomic mass is 19.4. The van der Waals surface area contributed by atoms with Gasteiger partial charge in [0.1, 0.15) is 29.8 Å². The summed E-state index contributed by atoms with van der Waals surface area (Å²) < 4.78 is 67.0. The number of aryl methyl sites for hydroxylation is 1. The SMILES string of the molecule is CCc1c(NC[C@H](NC(=O)C2CCCCC2)C(=O)O)ncnc1N1CCC(c2ccc3c(n2)NCCC3)CC1.O=C(C(=O)C(F)(F)F)C(F)(F)F. The molecule has 12 nitrogen and oxygen atoms in total. The molecule has 4 heterocycles. The van der Waals surface area contributed by atoms with Crippen LogP contribution < -0.4 is 20.9 Å². The van der Waals surface area contributed by atoms with Gasteiger partial charge in [0.2, 0.25) is 5.91 Å². The lowest BCUT2D eigenvalue weighted by Crippen LogP contribution is -2.47. The Morgan fingerprint density at radius 3 is 2.18 bits per heavy atom. The Hall–Kier alpha value is -4.51. The summed E-state index contributed by atoms with van der Waals surface area (Å²) in [5, 5.41) is 19.2. The minimum atomic E-state index is -5.77. The molecule has 18 heteroatoms. The van der Waals surface area contributed by atoms with E-state index in [4.69, 9.17) is 4.98 Å². The Morgan fingerprint density at radius 2 is 1.59 bits per heavy atom. The number of hydrogen-bond donors (Lipinski definition) is 4. The number of piperidine rings is 1. The van der Waals surface area contributed by atoms with E-state index in [1.165, 1.54) is 17.6 Å². The number of rotatable bonds is 10. The highest BCUT2D eigenvalue weighted by Crippen LogP contribution is 2.33. The molecule has 2 aliphatic heterocycles. The molecule has 0 bridgehead atoms. The van der Waals surface area contributed by atoms with Crippen LogP contribution in [0.25, 0.3) is 0 Å². The second-order valence-electron chi connectivity index (χ2n) is 12.7. The molecule has 0 aromatic carbocycles. The zero-order valence-electron chi connectivity index (χ0n) is 28.0. The first kappa shape index (κ1) is 39.3. The lowest BCUT2D eigenvalue weighted by atomic mass is 9.88. The number of carbonyl (C=O) groups is 4. The van der Waals surface area contributed by atoms with Crippen LogP contribution in [0, 0.1) is 5.92 Å². The van der Waals surface area contributed by atoms with E-state index in [0.29, 0.717) is 18.2 Å². The average Bonchev–Trinajstić information content (AvgIpc) is 3.12. The number of amides is 1. The molecule has 1 aliphatic carbocycles. The third kappa shape index (κ3) is 10.5. The summed E-state index contributed by atoms with van der Waals surface area (Å²) in [7, 11) is 0. The van der Waals surface area contributed by atoms with Gasteiger partial charge in [-0.3, -0.25) is 14.4 Å². The van der Waals surface area contributed by atoms with E-state index in [2.05, 4.69) is 49.9 Å². The smallest absolute Gasteiger partial charge is 0.458 e. The Bertz CT molecular complexity index is 1530. The molecule has 1 saturated carbocycles. The van der Waals surface area contributed by atoms with Crippen molar-refractivity contribution in [2.45, 2.75) is 95.4 Å². The highest BCUT2D eigenvalue weighted by molar-refractivity contribution is 6.41. The van der Waals surface area contributed by atoms with Gasteiger partial charge in [-0.15, -0.1) is 0 Å². The van der Waals surface area contributed by atoms with Gasteiger partial charge in [-0.2, -0.15) is 26.3 Å². The van der Waals surface area contributed by atoms with E-state index >= 15 is 0 Å². The molecule has 1 atom stereocenters. The van der Waals surface area contributed by atoms with Crippen molar-refractivity contribution in [2.75, 3.05) is 41.7 Å². The standard InChI is InChI=1S/C29H41N7O3.C4F6O2/c1-2-22-26(31-17-24(29(38)39)35-28(37)21-7-4-3-5-8-21)32-18-33-27(22)36-15-12-19(13-16-36)23-11-10-20-9-6-14-30-25(20)34-23;5-3(6,7)1(11)2(12)4(8,9)10/h10-11,18-19,21,24H,2-9,12-17H2,1H3,(H,30,34)(H,35,37)(H,38,39)(H,31,32,33);/t24-;/m0./s1. The molecule has 280 valence electrons. The van der Waals surface area contributed by atoms with Crippen molar-refractivity contribution in [1.82, 2.24) is 20.3 Å². The van der Waals surface area contributed by atoms with Crippen molar-refractivity contribution < 1.29 is 50.6 Å². The number of alkyl halides is 6. The molecule has 51 heavy (non-hydrogen) atoms. The van der Waals surface area contributed by atoms with Gasteiger partial charge in [0, 0.05) is 49.3 Å². The van der Waals surface area contributed by atoms with E-state index in [1.807, 2.05) is 0 Å². The fourth-order valence-electron chi connectivity index (χ4n) is 6.42. The van der Waals surface area contributed by atoms with Crippen molar-refractivity contribution in [2.24, 2.45) is 5.92 Å². The van der Waals surface area contributed by atoms with Gasteiger partial charge in [-0.1, -0.05) is 32.3 Å². The van der Waals surface area contributed by atoms with Crippen molar-refractivity contribution >= 4 is 40.9 Å². The Labute approximate surface area is 290 Å². The molecule has 2 fully saturated rings. The molecule has 5 rings (SSSR count). The van der Waals surface area contributed by atoms with Gasteiger partial charge in [0.15, 0.2) is 0 Å². The number of aliphatic carboxylic acids is 1. The zero-order chi connectivity index (χ0) is 37.3. The number of carbonyl (C=O) groups excluding carboxylic acids is 3. The van der Waals surface area contributed by atoms with Gasteiger partial charge in [-0.05, 0) is 56.6 Å². The number of carboxylic acid groups (broad SMARTS) is 1. The fraction of sp³-hybridized carbons (Fsp3) is 0.606. The molecule has 0 unspecified atom stereocenters. The van der Waals surface area contributed by atoms with Gasteiger partial charge < -0.3 is 26.0 Å². The summed E-state index contributed by atoms with van der Waals surface area (Å²) in [6, 6.07) is 3.41. The van der Waals surface area contributed by atoms with Crippen LogP contribution in [0.5, 0.6) is 0 Å². The molecule has 0 spiro atoms. The maximum absolute atomic E-state index is 12.7. The number of fused-ring (bicyclic) bond motifs is 1. The summed E-state index contributed by atoms with van der Waals surface area (Å²) in [6.07, 6.45) is -0.195. The number of nitrogens with one attached hydrogen (secondary N) is 3. The first-order chi connectivity index (χ1) is 24.1. The molecular weight excluding hydrogens is 688 g/mol. The summed E-state index contributed by atoms with van der Waals surface area (Å²) >= 11 is 0. The number of anilines is 3. The molecule has 2 aromatic heterocycles. The van der Waals surface area contributed by atoms with Crippen LogP contribution in [0.3, 0.4) is 0 Å². The third-order valence-electron chi connectivity index (χ3n) is 9.19. The maximum atomic E-state index is 12.7. The Balaban J connectivity index is 0.000000417. The molecule has 3 aliphatic rings. The largest absolute Gasteiger partial charge is 0.480 e. The van der Waals surface area contributed by atoms with E-state index < -0.39 is 35.9 Å². The molecular formula is C33H41F6N7O5. The topological polar surface area (TPSA) is 167 Å². The Kier molecular flexibility index (Phi) is 13.2. The summed E-state index contributed by atoms with van der Waals surface area (Å²) in [5.74, 6) is -5.11. The monoisotopic (exact) mass is 729 g/mol. The molecule has 1 amide bonds. The van der Waals surface area contributed by atoms with Crippen LogP contribution in [0.2, 0.25) is 0 Å². The van der Waals surface area contributed by atoms with Crippen LogP contribution in [-0.2, 0) is 32.0 Å². The maximum Gasteiger partial charge on any atom is 0.458 e. The van der Waals surface area contributed by atoms with Gasteiger partial charge >= 0.3 is 29.9 Å². The number of pyridine rings is 1. The van der Waals surface area contributed by atoms with E-state index in [0.717, 1.165) is 94.6 Å². The highest BCUT2D eigenvalue weighted by Gasteiger charge is 2.54. The van der Waals surface area contributed by atoms with Crippen LogP contribution in [0.4, 0.5) is 43.8 Å². The molecule has 4 N–H and O–H groups in total. The predicted molar refractivity (Wildman–Crippen MR) is 173 cm³/mol. The summed E-state index contributed by atoms with van der Waals surface area (Å²) in [6.45, 7) is 4.86. The number of Topliss-reactive ketones (excluding diaryl/α,β-unsaturated/α-hetero) is 2. The lowest BCUT2D eigenvalue weighted by molar-refractivity contribution is -0.193. The molecule has 1 saturated heterocycles. The van der Waals surface area contributed by atoms with Crippen molar-refractivity contribution in [3.8, 4) is 0 Å². The first-order valence-corrected chi connectivity index (χ1v) is 16.9. The summed E-state index contributed by atoms with van der Waals surface area (Å²) in [4.78, 5) is 60.1. The Morgan fingerprint density at radius 1 is 0.941 bits per heavy atom. The number of halogens is 6. The number of carboxylic acids is 1. The predicted octanol–water partition coefficient (Wildman–Crippen LogP) is 4.99. The third-order valence-corrected chi connectivity index (χ3v) is 9.19. The van der Waals surface area contributed by atoms with Gasteiger partial charge in [0.05, 0.1) is 0 Å². The normalized spacial score (nSPS) is 17.6. The van der Waals surface area contributed by atoms with E-state index in [9.17, 15) is 50.6 Å². The molecule has 2 aromatic rings. The van der Waals surface area contributed by atoms with Crippen LogP contribution in [0.1, 0.15) is 81.0 Å². The second kappa shape index (κ2) is 17.1. The minimum Gasteiger partial charge on any atom is -0.480 e. The number of hydrogen-bond acceptors (Lipinski definition) is 10. The fourth-order valence-corrected chi connectivity index (χ4v) is 6.42. The number of ketones is 2. The lowest BCUT2D eigenvalue weighted by Gasteiger charge is -2.34.